The first-order valence-corrected chi connectivity index (χ1v) is 8.85. The number of benzene rings is 2. The Morgan fingerprint density at radius 1 is 1.04 bits per heavy atom. The summed E-state index contributed by atoms with van der Waals surface area (Å²) < 4.78 is 0. The molecule has 0 unspecified atom stereocenters. The highest BCUT2D eigenvalue weighted by Gasteiger charge is 2.28. The van der Waals surface area contributed by atoms with E-state index >= 15 is 0 Å². The molecule has 2 N–H and O–H groups in total. The number of hydrogen-bond acceptors (Lipinski definition) is 3. The summed E-state index contributed by atoms with van der Waals surface area (Å²) in [4.78, 5) is 38.1. The highest BCUT2D eigenvalue weighted by atomic mass is 16.2. The van der Waals surface area contributed by atoms with E-state index in [9.17, 15) is 14.4 Å². The fraction of sp³-hybridized carbons (Fsp3) is 0.350. The summed E-state index contributed by atoms with van der Waals surface area (Å²) in [5.41, 5.74) is 0.700. The molecule has 1 aliphatic heterocycles. The molecule has 26 heavy (non-hydrogen) atoms. The third-order valence-electron chi connectivity index (χ3n) is 4.88. The number of likely N-dealkylation sites (tertiary alicyclic amines) is 1. The summed E-state index contributed by atoms with van der Waals surface area (Å²) in [7, 11) is 1.53. The lowest BCUT2D eigenvalue weighted by atomic mass is 9.95. The first-order valence-electron chi connectivity index (χ1n) is 8.85. The first kappa shape index (κ1) is 17.9. The van der Waals surface area contributed by atoms with Gasteiger partial charge in [-0.3, -0.25) is 14.4 Å². The molecule has 1 aliphatic rings. The molecule has 6 nitrogen and oxygen atoms in total. The Morgan fingerprint density at radius 3 is 2.46 bits per heavy atom. The molecule has 3 rings (SSSR count). The second-order valence-corrected chi connectivity index (χ2v) is 6.48. The number of amides is 3. The van der Waals surface area contributed by atoms with Crippen molar-refractivity contribution in [3.05, 3.63) is 48.0 Å². The van der Waals surface area contributed by atoms with Gasteiger partial charge in [0.05, 0.1) is 6.54 Å². The average molecular weight is 353 g/mol. The number of carbonyl (C=O) groups is 3. The molecule has 0 aromatic heterocycles. The van der Waals surface area contributed by atoms with E-state index in [1.807, 2.05) is 47.4 Å². The van der Waals surface area contributed by atoms with Crippen molar-refractivity contribution >= 4 is 28.5 Å². The number of likely N-dealkylation sites (N-methyl/N-ethyl adjacent to an activating group) is 1. The second-order valence-electron chi connectivity index (χ2n) is 6.48. The van der Waals surface area contributed by atoms with Crippen LogP contribution in [0.25, 0.3) is 10.8 Å². The molecule has 2 aromatic rings. The molecule has 1 heterocycles. The van der Waals surface area contributed by atoms with Crippen LogP contribution in [-0.4, -0.2) is 49.3 Å². The van der Waals surface area contributed by atoms with Crippen molar-refractivity contribution in [2.45, 2.75) is 12.8 Å². The number of rotatable bonds is 4. The Balaban J connectivity index is 1.62. The fourth-order valence-electron chi connectivity index (χ4n) is 3.33. The summed E-state index contributed by atoms with van der Waals surface area (Å²) in [6.07, 6.45) is 1.21. The third-order valence-corrected chi connectivity index (χ3v) is 4.88. The Kier molecular flexibility index (Phi) is 5.51. The van der Waals surface area contributed by atoms with Gasteiger partial charge in [0.1, 0.15) is 0 Å². The van der Waals surface area contributed by atoms with Crippen LogP contribution < -0.4 is 10.6 Å². The first-order chi connectivity index (χ1) is 12.6. The monoisotopic (exact) mass is 353 g/mol. The van der Waals surface area contributed by atoms with Crippen LogP contribution in [-0.2, 0) is 9.59 Å². The maximum absolute atomic E-state index is 12.9. The molecule has 3 amide bonds. The maximum atomic E-state index is 12.9. The molecule has 0 aliphatic carbocycles. The summed E-state index contributed by atoms with van der Waals surface area (Å²) in [6.45, 7) is 1.07. The van der Waals surface area contributed by atoms with Crippen LogP contribution in [0.15, 0.2) is 42.5 Å². The molecular weight excluding hydrogens is 330 g/mol. The van der Waals surface area contributed by atoms with Gasteiger partial charge in [0.15, 0.2) is 0 Å². The number of nitrogens with one attached hydrogen (secondary N) is 2. The van der Waals surface area contributed by atoms with Crippen molar-refractivity contribution in [2.24, 2.45) is 5.92 Å². The van der Waals surface area contributed by atoms with Gasteiger partial charge in [-0.05, 0) is 29.7 Å². The van der Waals surface area contributed by atoms with Gasteiger partial charge in [0.2, 0.25) is 11.8 Å². The standard InChI is InChI=1S/C20H23N3O3/c1-21-18(24)13-22-19(25)15-9-11-23(12-10-15)20(26)17-8-4-6-14-5-2-3-7-16(14)17/h2-8,15H,9-13H2,1H3,(H,21,24)(H,22,25). The summed E-state index contributed by atoms with van der Waals surface area (Å²) in [6, 6.07) is 13.6. The van der Waals surface area contributed by atoms with Gasteiger partial charge >= 0.3 is 0 Å². The molecule has 0 saturated carbocycles. The largest absolute Gasteiger partial charge is 0.358 e. The number of piperidine rings is 1. The lowest BCUT2D eigenvalue weighted by Crippen LogP contribution is -2.44. The second kappa shape index (κ2) is 7.99. The zero-order chi connectivity index (χ0) is 18.5. The number of nitrogens with zero attached hydrogens (tertiary/aromatic N) is 1. The van der Waals surface area contributed by atoms with Crippen LogP contribution in [0.5, 0.6) is 0 Å². The van der Waals surface area contributed by atoms with Gasteiger partial charge in [0, 0.05) is 31.6 Å². The van der Waals surface area contributed by atoms with E-state index in [0.717, 1.165) is 10.8 Å². The van der Waals surface area contributed by atoms with Crippen molar-refractivity contribution in [3.8, 4) is 0 Å². The van der Waals surface area contributed by atoms with Gasteiger partial charge in [0.25, 0.3) is 5.91 Å². The Hall–Kier alpha value is -2.89. The quantitative estimate of drug-likeness (QED) is 0.875. The van der Waals surface area contributed by atoms with E-state index in [1.165, 1.54) is 7.05 Å². The van der Waals surface area contributed by atoms with E-state index in [0.29, 0.717) is 31.5 Å². The van der Waals surface area contributed by atoms with E-state index in [4.69, 9.17) is 0 Å². The van der Waals surface area contributed by atoms with E-state index in [1.54, 1.807) is 0 Å². The molecule has 0 bridgehead atoms. The van der Waals surface area contributed by atoms with Gasteiger partial charge in [-0.15, -0.1) is 0 Å². The summed E-state index contributed by atoms with van der Waals surface area (Å²) in [5.74, 6) is -0.491. The van der Waals surface area contributed by atoms with Crippen molar-refractivity contribution in [1.82, 2.24) is 15.5 Å². The maximum Gasteiger partial charge on any atom is 0.254 e. The Morgan fingerprint density at radius 2 is 1.73 bits per heavy atom. The molecule has 136 valence electrons. The molecule has 1 saturated heterocycles. The van der Waals surface area contributed by atoms with Crippen LogP contribution in [0.2, 0.25) is 0 Å². The number of carbonyl (C=O) groups excluding carboxylic acids is 3. The lowest BCUT2D eigenvalue weighted by molar-refractivity contribution is -0.129. The predicted molar refractivity (Wildman–Crippen MR) is 99.7 cm³/mol. The van der Waals surface area contributed by atoms with E-state index < -0.39 is 0 Å². The summed E-state index contributed by atoms with van der Waals surface area (Å²) in [5, 5.41) is 7.11. The zero-order valence-corrected chi connectivity index (χ0v) is 14.8. The number of hydrogen-bond donors (Lipinski definition) is 2. The topological polar surface area (TPSA) is 78.5 Å². The molecule has 1 fully saturated rings. The van der Waals surface area contributed by atoms with Crippen molar-refractivity contribution < 1.29 is 14.4 Å². The van der Waals surface area contributed by atoms with Gasteiger partial charge in [-0.1, -0.05) is 36.4 Å². The van der Waals surface area contributed by atoms with Crippen molar-refractivity contribution in [2.75, 3.05) is 26.7 Å². The summed E-state index contributed by atoms with van der Waals surface area (Å²) >= 11 is 0. The Labute approximate surface area is 152 Å². The highest BCUT2D eigenvalue weighted by Crippen LogP contribution is 2.23. The average Bonchev–Trinajstić information content (AvgIpc) is 2.70. The van der Waals surface area contributed by atoms with Crippen LogP contribution in [0.3, 0.4) is 0 Å². The lowest BCUT2D eigenvalue weighted by Gasteiger charge is -2.31. The van der Waals surface area contributed by atoms with Crippen LogP contribution in [0.4, 0.5) is 0 Å². The predicted octanol–water partition coefficient (Wildman–Crippen LogP) is 1.55. The minimum absolute atomic E-state index is 0.00557. The molecule has 0 radical (unpaired) electrons. The van der Waals surface area contributed by atoms with Crippen molar-refractivity contribution in [1.29, 1.82) is 0 Å². The molecular formula is C20H23N3O3. The smallest absolute Gasteiger partial charge is 0.254 e. The highest BCUT2D eigenvalue weighted by molar-refractivity contribution is 6.07. The van der Waals surface area contributed by atoms with E-state index in [2.05, 4.69) is 10.6 Å². The van der Waals surface area contributed by atoms with Crippen LogP contribution >= 0.6 is 0 Å². The minimum atomic E-state index is -0.220. The Bertz CT molecular complexity index is 821. The van der Waals surface area contributed by atoms with Gasteiger partial charge in [-0.25, -0.2) is 0 Å². The molecule has 2 aromatic carbocycles. The molecule has 0 spiro atoms. The van der Waals surface area contributed by atoms with Gasteiger partial charge in [-0.2, -0.15) is 0 Å². The van der Waals surface area contributed by atoms with E-state index in [-0.39, 0.29) is 30.2 Å². The van der Waals surface area contributed by atoms with Crippen LogP contribution in [0, 0.1) is 5.92 Å². The van der Waals surface area contributed by atoms with Crippen molar-refractivity contribution in [3.63, 3.8) is 0 Å². The normalized spacial score (nSPS) is 14.9. The fourth-order valence-corrected chi connectivity index (χ4v) is 3.33. The number of fused-ring (bicyclic) bond motifs is 1. The zero-order valence-electron chi connectivity index (χ0n) is 14.8. The SMILES string of the molecule is CNC(=O)CNC(=O)C1CCN(C(=O)c2cccc3ccccc23)CC1. The third kappa shape index (κ3) is 3.85. The minimum Gasteiger partial charge on any atom is -0.358 e. The van der Waals surface area contributed by atoms with Crippen LogP contribution in [0.1, 0.15) is 23.2 Å². The molecule has 0 atom stereocenters. The van der Waals surface area contributed by atoms with Gasteiger partial charge < -0.3 is 15.5 Å². The molecule has 6 heteroatoms.